The minimum atomic E-state index is -2.20. The van der Waals surface area contributed by atoms with Crippen LogP contribution < -0.4 is 4.40 Å². The fourth-order valence-electron chi connectivity index (χ4n) is 6.21. The molecular formula is C45H47GeIrN3O-2. The van der Waals surface area contributed by atoms with Gasteiger partial charge in [0.15, 0.2) is 0 Å². The molecule has 0 fully saturated rings. The van der Waals surface area contributed by atoms with Gasteiger partial charge < -0.3 is 9.40 Å². The van der Waals surface area contributed by atoms with Crippen molar-refractivity contribution in [3.63, 3.8) is 0 Å². The summed E-state index contributed by atoms with van der Waals surface area (Å²) in [7, 11) is 0. The Morgan fingerprint density at radius 1 is 0.804 bits per heavy atom. The number of nitrogens with zero attached hydrogens (tertiary/aromatic N) is 3. The van der Waals surface area contributed by atoms with Gasteiger partial charge in [0.2, 0.25) is 5.71 Å². The molecular weight excluding hydrogens is 863 g/mol. The average molecular weight is 914 g/mol. The Morgan fingerprint density at radius 3 is 2.25 bits per heavy atom. The maximum Gasteiger partial charge on any atom is 0 e. The van der Waals surface area contributed by atoms with E-state index in [9.17, 15) is 0 Å². The molecule has 0 aliphatic heterocycles. The molecule has 4 heterocycles. The number of furan rings is 1. The first kappa shape index (κ1) is 34.2. The fourth-order valence-corrected chi connectivity index (χ4v) is 9.16. The van der Waals surface area contributed by atoms with Crippen molar-refractivity contribution in [3.05, 3.63) is 133 Å². The smallest absolute Gasteiger partial charge is 0 e. The number of rotatable bonds is 9. The van der Waals surface area contributed by atoms with E-state index in [1.807, 2.05) is 111 Å². The molecule has 4 aromatic heterocycles. The molecule has 0 bridgehead atoms. The van der Waals surface area contributed by atoms with Crippen LogP contribution in [0.1, 0.15) is 61.7 Å². The van der Waals surface area contributed by atoms with Crippen molar-refractivity contribution in [2.75, 3.05) is 0 Å². The molecule has 0 unspecified atom stereocenters. The summed E-state index contributed by atoms with van der Waals surface area (Å²) in [6, 6.07) is 38.2. The molecule has 3 aromatic carbocycles. The Hall–Kier alpha value is -3.90. The van der Waals surface area contributed by atoms with Crippen molar-refractivity contribution in [1.82, 2.24) is 15.0 Å². The average Bonchev–Trinajstić information content (AvgIpc) is 3.56. The molecule has 7 rings (SSSR count). The number of hydrogen-bond donors (Lipinski definition) is 0. The van der Waals surface area contributed by atoms with Gasteiger partial charge in [0.1, 0.15) is 0 Å². The van der Waals surface area contributed by atoms with Gasteiger partial charge in [-0.2, -0.15) is 0 Å². The Labute approximate surface area is 324 Å². The molecule has 4 nitrogen and oxygen atoms in total. The van der Waals surface area contributed by atoms with E-state index < -0.39 is 25.5 Å². The predicted molar refractivity (Wildman–Crippen MR) is 212 cm³/mol. The third kappa shape index (κ3) is 8.95. The van der Waals surface area contributed by atoms with Gasteiger partial charge in [-0.25, -0.2) is 4.98 Å². The molecule has 0 saturated heterocycles. The third-order valence-electron chi connectivity index (χ3n) is 8.79. The summed E-state index contributed by atoms with van der Waals surface area (Å²) >= 11 is -2.20. The van der Waals surface area contributed by atoms with Gasteiger partial charge in [-0.3, -0.25) is 0 Å². The molecule has 7 aromatic rings. The predicted octanol–water partition coefficient (Wildman–Crippen LogP) is 11.7. The van der Waals surface area contributed by atoms with E-state index in [4.69, 9.17) is 13.5 Å². The van der Waals surface area contributed by atoms with Crippen molar-refractivity contribution in [3.8, 4) is 33.8 Å². The zero-order valence-electron chi connectivity index (χ0n) is 33.5. The number of pyridine rings is 3. The van der Waals surface area contributed by atoms with Gasteiger partial charge in [-0.05, 0) is 42.6 Å². The largest absolute Gasteiger partial charge is 0 e. The molecule has 0 saturated carbocycles. The maximum absolute atomic E-state index is 8.80. The van der Waals surface area contributed by atoms with E-state index >= 15 is 0 Å². The molecule has 0 spiro atoms. The molecule has 0 aliphatic carbocycles. The van der Waals surface area contributed by atoms with Crippen molar-refractivity contribution in [1.29, 1.82) is 0 Å². The quantitative estimate of drug-likeness (QED) is 0.107. The molecule has 0 N–H and O–H groups in total. The van der Waals surface area contributed by atoms with E-state index in [0.717, 1.165) is 78.5 Å². The standard InChI is InChI=1S/C27H23N2O.C18H24GeN.Ir/c1-3-18(4-2)20-15-16-28-25(17-20)23-12-8-11-21-22-13-14-24(19-9-6-5-7-10-19)29-27(22)30-26(21)23;1-14(2)11-16-12-18(15-9-7-6-8-10-15)20-13-17(16)19(3,4)5;/h5-11,13-18H,3-4H2,1-2H3;6-9,12-14H,11H2,1-5H3;/q2*-1;/i18D;11D2;. The van der Waals surface area contributed by atoms with E-state index in [2.05, 4.69) is 59.3 Å². The first-order valence-electron chi connectivity index (χ1n) is 19.0. The minimum Gasteiger partial charge on any atom is 0 e. The Balaban J connectivity index is 0.000000217. The van der Waals surface area contributed by atoms with Gasteiger partial charge in [-0.15, -0.1) is 18.2 Å². The normalized spacial score (nSPS) is 12.8. The van der Waals surface area contributed by atoms with Crippen LogP contribution >= 0.6 is 0 Å². The monoisotopic (exact) mass is 915 g/mol. The van der Waals surface area contributed by atoms with Crippen LogP contribution in [-0.4, -0.2) is 28.2 Å². The van der Waals surface area contributed by atoms with Gasteiger partial charge >= 0.3 is 128 Å². The van der Waals surface area contributed by atoms with Gasteiger partial charge in [0.05, 0.1) is 11.3 Å². The van der Waals surface area contributed by atoms with Crippen molar-refractivity contribution in [2.24, 2.45) is 5.92 Å². The Kier molecular flexibility index (Phi) is 11.5. The van der Waals surface area contributed by atoms with Gasteiger partial charge in [0, 0.05) is 38.6 Å². The van der Waals surface area contributed by atoms with Crippen LogP contribution in [0.15, 0.2) is 114 Å². The summed E-state index contributed by atoms with van der Waals surface area (Å²) in [6.07, 6.45) is 3.84. The molecule has 51 heavy (non-hydrogen) atoms. The number of aromatic nitrogens is 3. The minimum absolute atomic E-state index is 0. The second-order valence-corrected chi connectivity index (χ2v) is 24.4. The Morgan fingerprint density at radius 2 is 1.57 bits per heavy atom. The number of hydrogen-bond acceptors (Lipinski definition) is 4. The third-order valence-corrected chi connectivity index (χ3v) is 13.0. The summed E-state index contributed by atoms with van der Waals surface area (Å²) in [5.74, 6) is 6.15. The zero-order valence-corrected chi connectivity index (χ0v) is 35.0. The van der Waals surface area contributed by atoms with E-state index in [0.29, 0.717) is 5.71 Å². The molecule has 0 atom stereocenters. The van der Waals surface area contributed by atoms with E-state index in [-0.39, 0.29) is 26.0 Å². The van der Waals surface area contributed by atoms with Crippen LogP contribution in [0.25, 0.3) is 55.8 Å². The van der Waals surface area contributed by atoms with E-state index in [1.54, 1.807) is 6.20 Å². The summed E-state index contributed by atoms with van der Waals surface area (Å²) in [6.45, 7) is 7.99. The summed E-state index contributed by atoms with van der Waals surface area (Å²) in [4.78, 5) is 13.9. The molecule has 1 radical (unpaired) electrons. The summed E-state index contributed by atoms with van der Waals surface area (Å²) < 4.78 is 33.3. The van der Waals surface area contributed by atoms with Crippen LogP contribution in [0.3, 0.4) is 0 Å². The summed E-state index contributed by atoms with van der Waals surface area (Å²) in [5.41, 5.74) is 8.32. The van der Waals surface area contributed by atoms with Crippen LogP contribution in [0.2, 0.25) is 17.3 Å². The maximum atomic E-state index is 8.80. The van der Waals surface area contributed by atoms with Crippen molar-refractivity contribution in [2.45, 2.75) is 70.1 Å². The van der Waals surface area contributed by atoms with Crippen LogP contribution in [0.4, 0.5) is 0 Å². The molecule has 263 valence electrons. The first-order valence-corrected chi connectivity index (χ1v) is 24.9. The SMILES string of the molecule is [2H]C(CC)(CC)c1ccnc(-c2[c-]ccc3c2oc2nc(-c4ccccc4)ccc23)c1.[2H]C([2H])(c1cc(-c2[c-]cccc2)nc[c]1[Ge]([CH3])([CH3])[CH3])C(C)C.[Ir]. The zero-order chi connectivity index (χ0) is 38.0. The second-order valence-electron chi connectivity index (χ2n) is 13.8. The van der Waals surface area contributed by atoms with Crippen molar-refractivity contribution < 1.29 is 28.6 Å². The van der Waals surface area contributed by atoms with Crippen LogP contribution in [0.5, 0.6) is 0 Å². The number of fused-ring (bicyclic) bond motifs is 3. The Bertz CT molecular complexity index is 2340. The van der Waals surface area contributed by atoms with E-state index in [1.165, 1.54) is 0 Å². The van der Waals surface area contributed by atoms with Crippen molar-refractivity contribution >= 4 is 39.7 Å². The topological polar surface area (TPSA) is 51.8 Å². The van der Waals surface area contributed by atoms with Gasteiger partial charge in [0.25, 0.3) is 0 Å². The second kappa shape index (κ2) is 17.1. The first-order chi connectivity index (χ1) is 25.3. The van der Waals surface area contributed by atoms with Crippen LogP contribution in [0, 0.1) is 18.1 Å². The fraction of sp³-hybridized carbons (Fsp3) is 0.267. The molecule has 6 heteroatoms. The van der Waals surface area contributed by atoms with Crippen LogP contribution in [-0.2, 0) is 26.5 Å². The van der Waals surface area contributed by atoms with Gasteiger partial charge in [-0.1, -0.05) is 66.8 Å². The summed E-state index contributed by atoms with van der Waals surface area (Å²) in [5, 5.41) is 1.96. The molecule has 0 amide bonds. The molecule has 0 aliphatic rings. The number of benzene rings is 3.